The zero-order valence-corrected chi connectivity index (χ0v) is 20.8. The normalized spacial score (nSPS) is 16.9. The molecule has 0 aliphatic carbocycles. The summed E-state index contributed by atoms with van der Waals surface area (Å²) in [5.41, 5.74) is 0.926. The molecule has 1 unspecified atom stereocenters. The zero-order valence-electron chi connectivity index (χ0n) is 20.0. The van der Waals surface area contributed by atoms with Crippen molar-refractivity contribution < 1.29 is 33.3 Å². The monoisotopic (exact) mass is 520 g/mol. The molecule has 0 saturated carbocycles. The van der Waals surface area contributed by atoms with E-state index < -0.39 is 29.3 Å². The number of carbonyl (C=O) groups excluding carboxylic acids is 2. The molecule has 1 atom stereocenters. The second-order valence-electron chi connectivity index (χ2n) is 8.09. The molecule has 37 heavy (non-hydrogen) atoms. The molecule has 1 aliphatic heterocycles. The van der Waals surface area contributed by atoms with E-state index in [2.05, 4.69) is 4.98 Å². The molecule has 0 spiro atoms. The zero-order chi connectivity index (χ0) is 26.3. The highest BCUT2D eigenvalue weighted by Crippen LogP contribution is 2.47. The fourth-order valence-corrected chi connectivity index (χ4v) is 5.38. The van der Waals surface area contributed by atoms with Gasteiger partial charge in [0.2, 0.25) is 0 Å². The Kier molecular flexibility index (Phi) is 6.26. The number of Topliss-reactive ketones (excluding diaryl/α,β-unsaturated/α-hetero) is 1. The summed E-state index contributed by atoms with van der Waals surface area (Å²) in [5, 5.41) is 11.7. The lowest BCUT2D eigenvalue weighted by atomic mass is 9.94. The van der Waals surface area contributed by atoms with Crippen molar-refractivity contribution in [2.75, 3.05) is 26.2 Å². The molecule has 1 N–H and O–H groups in total. The van der Waals surface area contributed by atoms with Crippen molar-refractivity contribution in [1.82, 2.24) is 4.98 Å². The summed E-state index contributed by atoms with van der Waals surface area (Å²) in [6, 6.07) is 14.7. The molecule has 8 nitrogen and oxygen atoms in total. The Morgan fingerprint density at radius 1 is 0.973 bits per heavy atom. The van der Waals surface area contributed by atoms with Crippen molar-refractivity contribution in [3.05, 3.63) is 83.2 Å². The fraction of sp³-hybridized carbons (Fsp3) is 0.148. The highest BCUT2D eigenvalue weighted by atomic mass is 32.1. The number of ether oxygens (including phenoxy) is 3. The van der Waals surface area contributed by atoms with Crippen LogP contribution in [0.4, 0.5) is 9.52 Å². The molecule has 1 amide bonds. The number of hydrogen-bond acceptors (Lipinski definition) is 8. The summed E-state index contributed by atoms with van der Waals surface area (Å²) < 4.78 is 30.6. The first-order valence-electron chi connectivity index (χ1n) is 11.1. The largest absolute Gasteiger partial charge is 0.506 e. The van der Waals surface area contributed by atoms with Crippen LogP contribution in [0.1, 0.15) is 17.2 Å². The third kappa shape index (κ3) is 4.05. The highest BCUT2D eigenvalue weighted by molar-refractivity contribution is 7.22. The smallest absolute Gasteiger partial charge is 0.301 e. The molecule has 1 fully saturated rings. The number of hydrogen-bond donors (Lipinski definition) is 1. The van der Waals surface area contributed by atoms with Crippen LogP contribution in [0.25, 0.3) is 16.0 Å². The molecule has 1 aromatic heterocycles. The van der Waals surface area contributed by atoms with Crippen LogP contribution in [0.3, 0.4) is 0 Å². The third-order valence-electron chi connectivity index (χ3n) is 6.06. The number of aliphatic hydroxyl groups is 1. The van der Waals surface area contributed by atoms with Gasteiger partial charge in [0.25, 0.3) is 5.78 Å². The average molecular weight is 521 g/mol. The molecule has 1 saturated heterocycles. The maximum Gasteiger partial charge on any atom is 0.301 e. The number of anilines is 1. The number of carbonyl (C=O) groups is 2. The van der Waals surface area contributed by atoms with Crippen LogP contribution in [0, 0.1) is 5.82 Å². The van der Waals surface area contributed by atoms with Crippen LogP contribution in [-0.4, -0.2) is 43.1 Å². The van der Waals surface area contributed by atoms with Gasteiger partial charge in [-0.2, -0.15) is 0 Å². The van der Waals surface area contributed by atoms with E-state index in [0.29, 0.717) is 21.5 Å². The lowest BCUT2D eigenvalue weighted by molar-refractivity contribution is -0.132. The van der Waals surface area contributed by atoms with Gasteiger partial charge in [-0.1, -0.05) is 29.5 Å². The summed E-state index contributed by atoms with van der Waals surface area (Å²) in [6.07, 6.45) is 0. The fourth-order valence-electron chi connectivity index (χ4n) is 4.37. The van der Waals surface area contributed by atoms with Crippen LogP contribution in [0.5, 0.6) is 17.2 Å². The second-order valence-corrected chi connectivity index (χ2v) is 9.10. The predicted octanol–water partition coefficient (Wildman–Crippen LogP) is 5.09. The first-order valence-corrected chi connectivity index (χ1v) is 11.9. The third-order valence-corrected chi connectivity index (χ3v) is 7.08. The maximum absolute atomic E-state index is 13.9. The minimum absolute atomic E-state index is 0.129. The molecule has 10 heteroatoms. The summed E-state index contributed by atoms with van der Waals surface area (Å²) in [6.45, 7) is 0. The predicted molar refractivity (Wildman–Crippen MR) is 137 cm³/mol. The molecule has 2 heterocycles. The minimum Gasteiger partial charge on any atom is -0.506 e. The lowest BCUT2D eigenvalue weighted by Crippen LogP contribution is -2.29. The van der Waals surface area contributed by atoms with Gasteiger partial charge in [-0.15, -0.1) is 0 Å². The topological polar surface area (TPSA) is 98.2 Å². The SMILES string of the molecule is COc1cccc(C2/C(=C(\O)c3c(OC)cccc3OC)C(=O)C(=O)N2c2nc3ccc(F)cc3s2)c1. The van der Waals surface area contributed by atoms with Gasteiger partial charge in [0.1, 0.15) is 34.4 Å². The van der Waals surface area contributed by atoms with Gasteiger partial charge in [0.15, 0.2) is 5.13 Å². The van der Waals surface area contributed by atoms with E-state index in [1.54, 1.807) is 42.5 Å². The first kappa shape index (κ1) is 24.3. The average Bonchev–Trinajstić information content (AvgIpc) is 3.45. The maximum atomic E-state index is 13.9. The number of benzene rings is 3. The van der Waals surface area contributed by atoms with Gasteiger partial charge >= 0.3 is 5.91 Å². The molecular formula is C27H21FN2O6S. The Balaban J connectivity index is 1.79. The lowest BCUT2D eigenvalue weighted by Gasteiger charge is -2.23. The first-order chi connectivity index (χ1) is 17.9. The van der Waals surface area contributed by atoms with Crippen LogP contribution in [0.15, 0.2) is 66.2 Å². The van der Waals surface area contributed by atoms with E-state index in [9.17, 15) is 19.1 Å². The Bertz CT molecular complexity index is 1560. The molecular weight excluding hydrogens is 499 g/mol. The van der Waals surface area contributed by atoms with Crippen LogP contribution >= 0.6 is 11.3 Å². The summed E-state index contributed by atoms with van der Waals surface area (Å²) >= 11 is 1.06. The standard InChI is InChI=1S/C27H21FN2O6S/c1-34-16-7-4-6-14(12-16)23-22(24(31)21-18(35-2)8-5-9-19(21)36-3)25(32)26(33)30(23)27-29-17-11-10-15(28)13-20(17)37-27/h4-13,23,31H,1-3H3/b24-22+. The Hall–Kier alpha value is -4.44. The van der Waals surface area contributed by atoms with Gasteiger partial charge in [-0.05, 0) is 48.0 Å². The summed E-state index contributed by atoms with van der Waals surface area (Å²) in [5.74, 6) is -1.71. The Morgan fingerprint density at radius 2 is 1.68 bits per heavy atom. The van der Waals surface area contributed by atoms with Crippen molar-refractivity contribution in [2.24, 2.45) is 0 Å². The van der Waals surface area contributed by atoms with E-state index in [-0.39, 0.29) is 27.8 Å². The number of nitrogens with zero attached hydrogens (tertiary/aromatic N) is 2. The quantitative estimate of drug-likeness (QED) is 0.215. The molecule has 188 valence electrons. The van der Waals surface area contributed by atoms with E-state index in [1.807, 2.05) is 0 Å². The van der Waals surface area contributed by atoms with Crippen molar-refractivity contribution in [3.8, 4) is 17.2 Å². The van der Waals surface area contributed by atoms with Gasteiger partial charge < -0.3 is 19.3 Å². The van der Waals surface area contributed by atoms with Crippen LogP contribution in [-0.2, 0) is 9.59 Å². The number of fused-ring (bicyclic) bond motifs is 1. The van der Waals surface area contributed by atoms with Crippen molar-refractivity contribution >= 4 is 44.1 Å². The number of rotatable bonds is 6. The minimum atomic E-state index is -1.06. The Labute approximate surface area is 215 Å². The molecule has 3 aromatic carbocycles. The van der Waals surface area contributed by atoms with Crippen molar-refractivity contribution in [3.63, 3.8) is 0 Å². The number of aromatic nitrogens is 1. The number of ketones is 1. The number of methoxy groups -OCH3 is 3. The summed E-state index contributed by atoms with van der Waals surface area (Å²) in [7, 11) is 4.34. The van der Waals surface area contributed by atoms with Crippen molar-refractivity contribution in [2.45, 2.75) is 6.04 Å². The van der Waals surface area contributed by atoms with Gasteiger partial charge in [-0.3, -0.25) is 14.5 Å². The Morgan fingerprint density at radius 3 is 2.35 bits per heavy atom. The molecule has 0 radical (unpaired) electrons. The molecule has 0 bridgehead atoms. The number of aliphatic hydroxyl groups excluding tert-OH is 1. The van der Waals surface area contributed by atoms with Crippen LogP contribution < -0.4 is 19.1 Å². The second kappa shape index (κ2) is 9.55. The number of halogens is 1. The number of thiazole rings is 1. The van der Waals surface area contributed by atoms with Gasteiger partial charge in [0.05, 0.1) is 43.2 Å². The van der Waals surface area contributed by atoms with Crippen molar-refractivity contribution in [1.29, 1.82) is 0 Å². The van der Waals surface area contributed by atoms with E-state index in [1.165, 1.54) is 44.4 Å². The number of amides is 1. The molecule has 1 aliphatic rings. The van der Waals surface area contributed by atoms with E-state index >= 15 is 0 Å². The van der Waals surface area contributed by atoms with Gasteiger partial charge in [-0.25, -0.2) is 9.37 Å². The summed E-state index contributed by atoms with van der Waals surface area (Å²) in [4.78, 5) is 32.7. The molecule has 5 rings (SSSR count). The molecule has 4 aromatic rings. The van der Waals surface area contributed by atoms with E-state index in [0.717, 1.165) is 11.3 Å². The highest BCUT2D eigenvalue weighted by Gasteiger charge is 2.48. The van der Waals surface area contributed by atoms with E-state index in [4.69, 9.17) is 14.2 Å². The van der Waals surface area contributed by atoms with Crippen LogP contribution in [0.2, 0.25) is 0 Å². The van der Waals surface area contributed by atoms with Gasteiger partial charge in [0, 0.05) is 0 Å².